The molecule has 0 heterocycles. The fourth-order valence-corrected chi connectivity index (χ4v) is 5.80. The van der Waals surface area contributed by atoms with Gasteiger partial charge in [-0.15, -0.1) is 0 Å². The summed E-state index contributed by atoms with van der Waals surface area (Å²) in [6.45, 7) is 3.97. The van der Waals surface area contributed by atoms with Crippen LogP contribution in [0, 0.1) is 0 Å². The number of rotatable bonds is 39. The molecular weight excluding hydrogens is 681 g/mol. The Morgan fingerprint density at radius 2 is 0.782 bits per heavy atom. The van der Waals surface area contributed by atoms with Crippen LogP contribution < -0.4 is 0 Å². The molecule has 1 N–H and O–H groups in total. The molecule has 0 bridgehead atoms. The molecule has 1 unspecified atom stereocenters. The number of hydrogen-bond acceptors (Lipinski definition) is 5. The number of allylic oxidation sites excluding steroid dienone is 16. The lowest BCUT2D eigenvalue weighted by Crippen LogP contribution is -2.28. The standard InChI is InChI=1S/C50H82O5/c1-3-5-7-9-11-13-14-15-16-17-18-19-20-21-22-23-24-25-26-27-28-29-30-31-32-33-34-35-36-37-39-41-43-45-50(53)55-48(46-51)47-54-49(52)44-42-40-38-12-10-8-6-4-2/h5,7,11,13,15-16,18-19,21-22,24-25,27-28,30-31,48,51H,3-4,6,8-10,12,14,17,20,23,26,29,32-47H2,1-2H3/b7-5-,13-11-,16-15-,19-18-,22-21-,25-24-,28-27-,31-30-. The molecule has 312 valence electrons. The normalized spacial score (nSPS) is 13.1. The van der Waals surface area contributed by atoms with Gasteiger partial charge in [-0.3, -0.25) is 9.59 Å². The van der Waals surface area contributed by atoms with Crippen molar-refractivity contribution in [2.24, 2.45) is 0 Å². The lowest BCUT2D eigenvalue weighted by Gasteiger charge is -2.15. The van der Waals surface area contributed by atoms with Gasteiger partial charge in [-0.2, -0.15) is 0 Å². The van der Waals surface area contributed by atoms with Gasteiger partial charge in [0, 0.05) is 12.8 Å². The third-order valence-electron chi connectivity index (χ3n) is 9.14. The van der Waals surface area contributed by atoms with Crippen molar-refractivity contribution in [3.63, 3.8) is 0 Å². The maximum absolute atomic E-state index is 12.2. The van der Waals surface area contributed by atoms with Crippen LogP contribution in [0.3, 0.4) is 0 Å². The smallest absolute Gasteiger partial charge is 0.306 e. The fourth-order valence-electron chi connectivity index (χ4n) is 5.80. The molecule has 5 heteroatoms. The number of unbranched alkanes of at least 4 members (excludes halogenated alkanes) is 15. The monoisotopic (exact) mass is 763 g/mol. The van der Waals surface area contributed by atoms with Crippen LogP contribution in [0.1, 0.15) is 187 Å². The Balaban J connectivity index is 3.60. The minimum absolute atomic E-state index is 0.0728. The zero-order chi connectivity index (χ0) is 40.0. The van der Waals surface area contributed by atoms with Gasteiger partial charge in [0.15, 0.2) is 6.10 Å². The average molecular weight is 763 g/mol. The minimum atomic E-state index is -0.777. The highest BCUT2D eigenvalue weighted by atomic mass is 16.6. The van der Waals surface area contributed by atoms with E-state index in [1.807, 2.05) is 0 Å². The van der Waals surface area contributed by atoms with Crippen LogP contribution in [0.15, 0.2) is 97.2 Å². The molecule has 1 atom stereocenters. The molecule has 0 saturated carbocycles. The summed E-state index contributed by atoms with van der Waals surface area (Å²) in [5, 5.41) is 9.53. The molecule has 0 aliphatic heterocycles. The van der Waals surface area contributed by atoms with Crippen LogP contribution in [0.5, 0.6) is 0 Å². The summed E-state index contributed by atoms with van der Waals surface area (Å²) >= 11 is 0. The van der Waals surface area contributed by atoms with Gasteiger partial charge in [-0.05, 0) is 77.0 Å². The number of aliphatic hydroxyl groups excluding tert-OH is 1. The van der Waals surface area contributed by atoms with Crippen LogP contribution in [-0.2, 0) is 19.1 Å². The molecule has 5 nitrogen and oxygen atoms in total. The van der Waals surface area contributed by atoms with Gasteiger partial charge in [0.1, 0.15) is 6.61 Å². The largest absolute Gasteiger partial charge is 0.462 e. The number of carbonyl (C=O) groups excluding carboxylic acids is 2. The van der Waals surface area contributed by atoms with Crippen LogP contribution in [0.2, 0.25) is 0 Å². The molecule has 0 aromatic carbocycles. The van der Waals surface area contributed by atoms with Crippen molar-refractivity contribution in [1.82, 2.24) is 0 Å². The Kier molecular flexibility index (Phi) is 42.6. The zero-order valence-corrected chi connectivity index (χ0v) is 35.4. The summed E-state index contributed by atoms with van der Waals surface area (Å²) < 4.78 is 10.6. The Morgan fingerprint density at radius 3 is 1.18 bits per heavy atom. The third-order valence-corrected chi connectivity index (χ3v) is 9.14. The highest BCUT2D eigenvalue weighted by Crippen LogP contribution is 2.13. The first-order valence-electron chi connectivity index (χ1n) is 22.3. The average Bonchev–Trinajstić information content (AvgIpc) is 3.19. The van der Waals surface area contributed by atoms with E-state index in [0.717, 1.165) is 96.3 Å². The fraction of sp³-hybridized carbons (Fsp3) is 0.640. The number of hydrogen-bond donors (Lipinski definition) is 1. The van der Waals surface area contributed by atoms with E-state index in [-0.39, 0.29) is 25.2 Å². The van der Waals surface area contributed by atoms with Crippen molar-refractivity contribution in [2.75, 3.05) is 13.2 Å². The molecule has 0 amide bonds. The summed E-state index contributed by atoms with van der Waals surface area (Å²) in [7, 11) is 0. The van der Waals surface area contributed by atoms with Crippen LogP contribution in [-0.4, -0.2) is 36.4 Å². The van der Waals surface area contributed by atoms with Crippen molar-refractivity contribution in [3.05, 3.63) is 97.2 Å². The molecular formula is C50H82O5. The van der Waals surface area contributed by atoms with Gasteiger partial charge in [-0.25, -0.2) is 0 Å². The minimum Gasteiger partial charge on any atom is -0.462 e. The molecule has 55 heavy (non-hydrogen) atoms. The van der Waals surface area contributed by atoms with Crippen molar-refractivity contribution in [1.29, 1.82) is 0 Å². The highest BCUT2D eigenvalue weighted by molar-refractivity contribution is 5.70. The lowest BCUT2D eigenvalue weighted by atomic mass is 10.1. The number of carbonyl (C=O) groups is 2. The zero-order valence-electron chi connectivity index (χ0n) is 35.4. The van der Waals surface area contributed by atoms with E-state index in [1.54, 1.807) is 0 Å². The number of ether oxygens (including phenoxy) is 2. The maximum atomic E-state index is 12.2. The van der Waals surface area contributed by atoms with E-state index >= 15 is 0 Å². The summed E-state index contributed by atoms with van der Waals surface area (Å²) in [6.07, 6.45) is 63.5. The maximum Gasteiger partial charge on any atom is 0.306 e. The molecule has 0 rings (SSSR count). The molecule has 0 spiro atoms. The summed E-state index contributed by atoms with van der Waals surface area (Å²) in [4.78, 5) is 24.2. The lowest BCUT2D eigenvalue weighted by molar-refractivity contribution is -0.161. The second-order valence-electron chi connectivity index (χ2n) is 14.4. The van der Waals surface area contributed by atoms with E-state index < -0.39 is 6.10 Å². The predicted molar refractivity (Wildman–Crippen MR) is 237 cm³/mol. The molecule has 0 fully saturated rings. The predicted octanol–water partition coefficient (Wildman–Crippen LogP) is 14.5. The molecule has 0 aromatic heterocycles. The van der Waals surface area contributed by atoms with Crippen molar-refractivity contribution in [2.45, 2.75) is 193 Å². The Morgan fingerprint density at radius 1 is 0.436 bits per heavy atom. The second-order valence-corrected chi connectivity index (χ2v) is 14.4. The van der Waals surface area contributed by atoms with E-state index in [1.165, 1.54) is 64.2 Å². The summed E-state index contributed by atoms with van der Waals surface area (Å²) in [5.41, 5.74) is 0. The van der Waals surface area contributed by atoms with Gasteiger partial charge in [-0.1, -0.05) is 195 Å². The first-order valence-corrected chi connectivity index (χ1v) is 22.3. The topological polar surface area (TPSA) is 72.8 Å². The van der Waals surface area contributed by atoms with Gasteiger partial charge in [0.2, 0.25) is 0 Å². The summed E-state index contributed by atoms with van der Waals surface area (Å²) in [5.74, 6) is -0.611. The second kappa shape index (κ2) is 45.2. The molecule has 0 aliphatic carbocycles. The van der Waals surface area contributed by atoms with Crippen LogP contribution in [0.25, 0.3) is 0 Å². The van der Waals surface area contributed by atoms with Gasteiger partial charge < -0.3 is 14.6 Å². The molecule has 0 aliphatic rings. The van der Waals surface area contributed by atoms with E-state index in [4.69, 9.17) is 9.47 Å². The van der Waals surface area contributed by atoms with Crippen molar-refractivity contribution >= 4 is 11.9 Å². The van der Waals surface area contributed by atoms with Crippen molar-refractivity contribution in [3.8, 4) is 0 Å². The van der Waals surface area contributed by atoms with Gasteiger partial charge in [0.05, 0.1) is 6.61 Å². The first kappa shape index (κ1) is 51.8. The SMILES string of the molecule is CC/C=C\C/C=C\C/C=C\C/C=C\C/C=C\C/C=C\C/C=C\C/C=C\CCCCCCCCCCC(=O)OC(CO)COC(=O)CCCCCCCCCC. The Hall–Kier alpha value is -3.18. The summed E-state index contributed by atoms with van der Waals surface area (Å²) in [6, 6.07) is 0. The van der Waals surface area contributed by atoms with Gasteiger partial charge in [0.25, 0.3) is 0 Å². The van der Waals surface area contributed by atoms with Crippen molar-refractivity contribution < 1.29 is 24.2 Å². The quantitative estimate of drug-likeness (QED) is 0.0383. The van der Waals surface area contributed by atoms with Crippen LogP contribution >= 0.6 is 0 Å². The first-order chi connectivity index (χ1) is 27.1. The molecule has 0 radical (unpaired) electrons. The Bertz CT molecular complexity index is 1090. The van der Waals surface area contributed by atoms with E-state index in [2.05, 4.69) is 111 Å². The molecule has 0 aromatic rings. The third kappa shape index (κ3) is 43.4. The Labute approximate surface area is 338 Å². The molecule has 0 saturated heterocycles. The van der Waals surface area contributed by atoms with E-state index in [0.29, 0.717) is 12.8 Å². The van der Waals surface area contributed by atoms with E-state index in [9.17, 15) is 14.7 Å². The highest BCUT2D eigenvalue weighted by Gasteiger charge is 2.16. The number of esters is 2. The van der Waals surface area contributed by atoms with Crippen LogP contribution in [0.4, 0.5) is 0 Å². The number of aliphatic hydroxyl groups is 1. The van der Waals surface area contributed by atoms with Gasteiger partial charge >= 0.3 is 11.9 Å².